The number of anilines is 1. The quantitative estimate of drug-likeness (QED) is 0.451. The second-order valence-corrected chi connectivity index (χ2v) is 4.63. The number of carbonyl (C=O) groups excluding carboxylic acids is 1. The van der Waals surface area contributed by atoms with E-state index in [1.165, 1.54) is 24.3 Å². The summed E-state index contributed by atoms with van der Waals surface area (Å²) < 4.78 is 6.85. The number of ether oxygens (including phenoxy) is 1. The van der Waals surface area contributed by atoms with Crippen LogP contribution in [0.3, 0.4) is 0 Å². The molecule has 1 aliphatic rings. The normalized spacial score (nSPS) is 27.6. The Morgan fingerprint density at radius 2 is 2.09 bits per heavy atom. The maximum atomic E-state index is 11.6. The Morgan fingerprint density at radius 3 is 2.77 bits per heavy atom. The maximum Gasteiger partial charge on any atom is 0.251 e. The van der Waals surface area contributed by atoms with Gasteiger partial charge in [-0.1, -0.05) is 0 Å². The van der Waals surface area contributed by atoms with Crippen LogP contribution in [0.4, 0.5) is 5.82 Å². The number of likely N-dealkylation sites (N-methyl/N-ethyl adjacent to an activating group) is 1. The minimum Gasteiger partial charge on any atom is -0.412 e. The number of hydrogen-bond acceptors (Lipinski definition) is 8. The van der Waals surface area contributed by atoms with Gasteiger partial charge in [-0.05, 0) is 0 Å². The highest BCUT2D eigenvalue weighted by Crippen LogP contribution is 2.31. The fourth-order valence-electron chi connectivity index (χ4n) is 2.30. The van der Waals surface area contributed by atoms with Crippen molar-refractivity contribution < 1.29 is 25.2 Å². The highest BCUT2D eigenvalue weighted by molar-refractivity contribution is 5.82. The van der Waals surface area contributed by atoms with Crippen molar-refractivity contribution in [3.63, 3.8) is 0 Å². The van der Waals surface area contributed by atoms with Crippen LogP contribution in [0, 0.1) is 0 Å². The molecule has 3 rings (SSSR count). The van der Waals surface area contributed by atoms with Gasteiger partial charge in [0.25, 0.3) is 5.91 Å². The number of rotatable bonds is 2. The molecule has 0 spiro atoms. The van der Waals surface area contributed by atoms with Crippen LogP contribution < -0.4 is 11.1 Å². The Kier molecular flexibility index (Phi) is 4.23. The lowest BCUT2D eigenvalue weighted by Gasteiger charge is -2.16. The second-order valence-electron chi connectivity index (χ2n) is 4.63. The van der Waals surface area contributed by atoms with Crippen LogP contribution in [-0.2, 0) is 9.53 Å². The molecule has 4 atom stereocenters. The highest BCUT2D eigenvalue weighted by Gasteiger charge is 2.47. The number of aromatic nitrogens is 4. The molecule has 0 saturated carbocycles. The molecule has 1 fully saturated rings. The van der Waals surface area contributed by atoms with Gasteiger partial charge in [0.15, 0.2) is 23.8 Å². The zero-order chi connectivity index (χ0) is 15.1. The zero-order valence-electron chi connectivity index (χ0n) is 11.5. The molecule has 120 valence electrons. The molecule has 0 aromatic carbocycles. The van der Waals surface area contributed by atoms with E-state index in [4.69, 9.17) is 10.5 Å². The van der Waals surface area contributed by atoms with E-state index < -0.39 is 30.4 Å². The first kappa shape index (κ1) is 16.0. The van der Waals surface area contributed by atoms with Crippen LogP contribution in [0.25, 0.3) is 11.2 Å². The van der Waals surface area contributed by atoms with Crippen molar-refractivity contribution in [2.75, 3.05) is 12.8 Å². The molecule has 1 amide bonds. The van der Waals surface area contributed by atoms with Crippen molar-refractivity contribution >= 4 is 22.9 Å². The van der Waals surface area contributed by atoms with Crippen LogP contribution in [0.15, 0.2) is 12.7 Å². The molecule has 1 unspecified atom stereocenters. The van der Waals surface area contributed by atoms with E-state index in [0.29, 0.717) is 11.2 Å². The number of fused-ring (bicyclic) bond motifs is 1. The number of carbonyl (C=O) groups is 1. The van der Waals surface area contributed by atoms with Crippen molar-refractivity contribution in [2.24, 2.45) is 0 Å². The van der Waals surface area contributed by atoms with Crippen molar-refractivity contribution in [3.05, 3.63) is 12.7 Å². The first-order valence-electron chi connectivity index (χ1n) is 6.20. The third kappa shape index (κ3) is 2.25. The molecule has 0 radical (unpaired) electrons. The Hall–Kier alpha value is -2.34. The lowest BCUT2D eigenvalue weighted by molar-refractivity contribution is -0.137. The summed E-state index contributed by atoms with van der Waals surface area (Å²) in [5.74, 6) is -0.336. The molecule has 22 heavy (non-hydrogen) atoms. The van der Waals surface area contributed by atoms with Crippen molar-refractivity contribution in [3.8, 4) is 0 Å². The zero-order valence-corrected chi connectivity index (χ0v) is 11.5. The number of nitrogens with two attached hydrogens (primary N) is 1. The number of nitrogens with one attached hydrogen (secondary N) is 1. The molecule has 1 saturated heterocycles. The van der Waals surface area contributed by atoms with Crippen LogP contribution in [-0.4, -0.2) is 66.5 Å². The monoisotopic (exact) mass is 312 g/mol. The fourth-order valence-corrected chi connectivity index (χ4v) is 2.30. The van der Waals surface area contributed by atoms with Gasteiger partial charge in [0.2, 0.25) is 0 Å². The molecule has 0 aliphatic carbocycles. The molecule has 1 aliphatic heterocycles. The predicted molar refractivity (Wildman–Crippen MR) is 73.3 cm³/mol. The average Bonchev–Trinajstić information content (AvgIpc) is 3.02. The SMILES string of the molecule is CNC(=O)[C@H]1OC(n2cnc3c(N)ncnc32)[C@H](O)[C@@H]1O.O. The van der Waals surface area contributed by atoms with E-state index in [1.807, 2.05) is 0 Å². The summed E-state index contributed by atoms with van der Waals surface area (Å²) >= 11 is 0. The van der Waals surface area contributed by atoms with Crippen LogP contribution >= 0.6 is 0 Å². The lowest BCUT2D eigenvalue weighted by Crippen LogP contribution is -2.41. The molecule has 11 nitrogen and oxygen atoms in total. The summed E-state index contributed by atoms with van der Waals surface area (Å²) in [7, 11) is 1.42. The van der Waals surface area contributed by atoms with Gasteiger partial charge in [-0.15, -0.1) is 0 Å². The molecule has 3 heterocycles. The Bertz CT molecular complexity index is 691. The van der Waals surface area contributed by atoms with E-state index in [2.05, 4.69) is 20.3 Å². The molecule has 2 aromatic rings. The number of aliphatic hydroxyl groups is 2. The number of aliphatic hydroxyl groups excluding tert-OH is 2. The smallest absolute Gasteiger partial charge is 0.251 e. The molecular formula is C11H16N6O5. The number of nitrogen functional groups attached to an aromatic ring is 1. The predicted octanol–water partition coefficient (Wildman–Crippen LogP) is -3.05. The van der Waals surface area contributed by atoms with Crippen molar-refractivity contribution in [1.29, 1.82) is 0 Å². The third-order valence-corrected chi connectivity index (χ3v) is 3.40. The first-order valence-corrected chi connectivity index (χ1v) is 6.20. The third-order valence-electron chi connectivity index (χ3n) is 3.40. The summed E-state index contributed by atoms with van der Waals surface area (Å²) in [5, 5.41) is 22.4. The van der Waals surface area contributed by atoms with Crippen LogP contribution in [0.1, 0.15) is 6.23 Å². The van der Waals surface area contributed by atoms with Gasteiger partial charge in [-0.25, -0.2) is 15.0 Å². The van der Waals surface area contributed by atoms with E-state index in [-0.39, 0.29) is 11.3 Å². The summed E-state index contributed by atoms with van der Waals surface area (Å²) in [6, 6.07) is 0. The minimum absolute atomic E-state index is 0. The molecule has 11 heteroatoms. The average molecular weight is 312 g/mol. The lowest BCUT2D eigenvalue weighted by atomic mass is 10.1. The number of imidazole rings is 1. The Balaban J connectivity index is 0.00000176. The number of hydrogen-bond donors (Lipinski definition) is 4. The molecular weight excluding hydrogens is 296 g/mol. The van der Waals surface area contributed by atoms with E-state index in [9.17, 15) is 15.0 Å². The van der Waals surface area contributed by atoms with E-state index in [1.54, 1.807) is 0 Å². The molecule has 2 aromatic heterocycles. The second kappa shape index (κ2) is 5.81. The van der Waals surface area contributed by atoms with Crippen molar-refractivity contribution in [2.45, 2.75) is 24.5 Å². The van der Waals surface area contributed by atoms with Gasteiger partial charge in [-0.3, -0.25) is 9.36 Å². The standard InChI is InChI=1S/C11H14N6O4.H2O/c1-13-10(20)7-5(18)6(19)11(21-7)17-3-16-4-8(12)14-2-15-9(4)17;/h2-3,5-7,11,18-19H,1H3,(H,13,20)(H2,12,14,15);1H2/t5-,6+,7-,11?;/m0./s1. The largest absolute Gasteiger partial charge is 0.412 e. The fraction of sp³-hybridized carbons (Fsp3) is 0.455. The molecule has 7 N–H and O–H groups in total. The first-order chi connectivity index (χ1) is 10.0. The topological polar surface area (TPSA) is 180 Å². The summed E-state index contributed by atoms with van der Waals surface area (Å²) in [4.78, 5) is 23.5. The van der Waals surface area contributed by atoms with E-state index >= 15 is 0 Å². The maximum absolute atomic E-state index is 11.6. The van der Waals surface area contributed by atoms with Gasteiger partial charge in [0.05, 0.1) is 6.33 Å². The van der Waals surface area contributed by atoms with Crippen LogP contribution in [0.5, 0.6) is 0 Å². The van der Waals surface area contributed by atoms with Gasteiger partial charge in [0, 0.05) is 7.05 Å². The Labute approximate surface area is 124 Å². The van der Waals surface area contributed by atoms with Gasteiger partial charge < -0.3 is 31.5 Å². The van der Waals surface area contributed by atoms with Gasteiger partial charge in [-0.2, -0.15) is 0 Å². The number of nitrogens with zero attached hydrogens (tertiary/aromatic N) is 4. The van der Waals surface area contributed by atoms with E-state index in [0.717, 1.165) is 0 Å². The van der Waals surface area contributed by atoms with Crippen molar-refractivity contribution in [1.82, 2.24) is 24.8 Å². The highest BCUT2D eigenvalue weighted by atomic mass is 16.6. The molecule has 0 bridgehead atoms. The summed E-state index contributed by atoms with van der Waals surface area (Å²) in [6.45, 7) is 0. The summed E-state index contributed by atoms with van der Waals surface area (Å²) in [6.07, 6.45) is -2.22. The van der Waals surface area contributed by atoms with Gasteiger partial charge in [0.1, 0.15) is 24.1 Å². The summed E-state index contributed by atoms with van der Waals surface area (Å²) in [5.41, 5.74) is 6.38. The van der Waals surface area contributed by atoms with Gasteiger partial charge >= 0.3 is 0 Å². The minimum atomic E-state index is -1.36. The number of amides is 1. The Morgan fingerprint density at radius 1 is 1.36 bits per heavy atom. The van der Waals surface area contributed by atoms with Crippen LogP contribution in [0.2, 0.25) is 0 Å².